The summed E-state index contributed by atoms with van der Waals surface area (Å²) in [6.45, 7) is 1.41. The van der Waals surface area contributed by atoms with Crippen LogP contribution in [-0.2, 0) is 11.3 Å². The lowest BCUT2D eigenvalue weighted by Crippen LogP contribution is -2.31. The number of carbonyl (C=O) groups is 1. The Morgan fingerprint density at radius 1 is 1.55 bits per heavy atom. The van der Waals surface area contributed by atoms with Crippen LogP contribution in [0, 0.1) is 5.92 Å². The standard InChI is InChI=1S/C14H16N2O3S/c17-13(18)8-16(6-10-3-4-10)7-11-9-19-14(15-11)12-2-1-5-20-12/h1-2,5,9-10H,3-4,6-8H2,(H,17,18). The molecule has 1 aliphatic carbocycles. The maximum absolute atomic E-state index is 10.9. The minimum Gasteiger partial charge on any atom is -0.480 e. The molecule has 0 bridgehead atoms. The summed E-state index contributed by atoms with van der Waals surface area (Å²) in [6.07, 6.45) is 4.03. The average molecular weight is 292 g/mol. The van der Waals surface area contributed by atoms with Crippen molar-refractivity contribution in [1.29, 1.82) is 0 Å². The summed E-state index contributed by atoms with van der Waals surface area (Å²) >= 11 is 1.58. The maximum Gasteiger partial charge on any atom is 0.317 e. The van der Waals surface area contributed by atoms with Gasteiger partial charge in [-0.25, -0.2) is 4.98 Å². The third kappa shape index (κ3) is 3.46. The average Bonchev–Trinajstić information content (AvgIpc) is 2.91. The second kappa shape index (κ2) is 5.76. The molecule has 106 valence electrons. The summed E-state index contributed by atoms with van der Waals surface area (Å²) in [5, 5.41) is 10.9. The quantitative estimate of drug-likeness (QED) is 0.850. The van der Waals surface area contributed by atoms with Gasteiger partial charge in [-0.05, 0) is 30.2 Å². The third-order valence-corrected chi connectivity index (χ3v) is 4.10. The van der Waals surface area contributed by atoms with Crippen molar-refractivity contribution in [2.75, 3.05) is 13.1 Å². The van der Waals surface area contributed by atoms with Gasteiger partial charge in [0.05, 0.1) is 17.1 Å². The molecule has 1 aliphatic rings. The van der Waals surface area contributed by atoms with E-state index in [1.165, 1.54) is 12.8 Å². The summed E-state index contributed by atoms with van der Waals surface area (Å²) in [7, 11) is 0. The molecule has 2 aromatic rings. The summed E-state index contributed by atoms with van der Waals surface area (Å²) in [4.78, 5) is 18.3. The van der Waals surface area contributed by atoms with E-state index in [1.54, 1.807) is 17.6 Å². The molecular weight excluding hydrogens is 276 g/mol. The lowest BCUT2D eigenvalue weighted by atomic mass is 10.3. The van der Waals surface area contributed by atoms with E-state index in [4.69, 9.17) is 9.52 Å². The number of carboxylic acids is 1. The molecule has 0 aliphatic heterocycles. The number of rotatable bonds is 7. The van der Waals surface area contributed by atoms with Crippen LogP contribution < -0.4 is 0 Å². The number of carboxylic acid groups (broad SMARTS) is 1. The van der Waals surface area contributed by atoms with Crippen LogP contribution in [0.5, 0.6) is 0 Å². The Hall–Kier alpha value is -1.66. The Labute approximate surface area is 120 Å². The van der Waals surface area contributed by atoms with Crippen LogP contribution in [0.15, 0.2) is 28.2 Å². The van der Waals surface area contributed by atoms with Gasteiger partial charge in [-0.1, -0.05) is 6.07 Å². The highest BCUT2D eigenvalue weighted by Crippen LogP contribution is 2.30. The van der Waals surface area contributed by atoms with Crippen molar-refractivity contribution in [1.82, 2.24) is 9.88 Å². The first-order chi connectivity index (χ1) is 9.70. The van der Waals surface area contributed by atoms with Crippen LogP contribution in [0.2, 0.25) is 0 Å². The zero-order valence-corrected chi connectivity index (χ0v) is 11.8. The van der Waals surface area contributed by atoms with Crippen LogP contribution in [0.4, 0.5) is 0 Å². The molecular formula is C14H16N2O3S. The minimum absolute atomic E-state index is 0.0533. The molecule has 1 saturated carbocycles. The minimum atomic E-state index is -0.798. The van der Waals surface area contributed by atoms with E-state index in [2.05, 4.69) is 4.98 Å². The van der Waals surface area contributed by atoms with Crippen molar-refractivity contribution >= 4 is 17.3 Å². The van der Waals surface area contributed by atoms with Gasteiger partial charge in [-0.2, -0.15) is 0 Å². The zero-order chi connectivity index (χ0) is 13.9. The van der Waals surface area contributed by atoms with E-state index >= 15 is 0 Å². The fraction of sp³-hybridized carbons (Fsp3) is 0.429. The van der Waals surface area contributed by atoms with E-state index in [9.17, 15) is 4.79 Å². The molecule has 1 N–H and O–H groups in total. The highest BCUT2D eigenvalue weighted by Gasteiger charge is 2.25. The topological polar surface area (TPSA) is 66.6 Å². The molecule has 6 heteroatoms. The largest absolute Gasteiger partial charge is 0.480 e. The first kappa shape index (κ1) is 13.3. The summed E-state index contributed by atoms with van der Waals surface area (Å²) < 4.78 is 5.46. The van der Waals surface area contributed by atoms with Gasteiger partial charge in [0.2, 0.25) is 5.89 Å². The Morgan fingerprint density at radius 2 is 2.40 bits per heavy atom. The molecule has 0 spiro atoms. The molecule has 0 saturated heterocycles. The molecule has 5 nitrogen and oxygen atoms in total. The second-order valence-electron chi connectivity index (χ2n) is 5.13. The van der Waals surface area contributed by atoms with Gasteiger partial charge in [0.1, 0.15) is 6.26 Å². The molecule has 3 rings (SSSR count). The van der Waals surface area contributed by atoms with Crippen LogP contribution in [-0.4, -0.2) is 34.0 Å². The number of hydrogen-bond donors (Lipinski definition) is 1. The van der Waals surface area contributed by atoms with Gasteiger partial charge < -0.3 is 9.52 Å². The van der Waals surface area contributed by atoms with Crippen molar-refractivity contribution in [3.63, 3.8) is 0 Å². The summed E-state index contributed by atoms with van der Waals surface area (Å²) in [5.41, 5.74) is 0.787. The van der Waals surface area contributed by atoms with Gasteiger partial charge in [-0.15, -0.1) is 11.3 Å². The smallest absolute Gasteiger partial charge is 0.317 e. The van der Waals surface area contributed by atoms with Crippen LogP contribution in [0.3, 0.4) is 0 Å². The van der Waals surface area contributed by atoms with Crippen molar-refractivity contribution in [2.45, 2.75) is 19.4 Å². The first-order valence-electron chi connectivity index (χ1n) is 6.63. The number of hydrogen-bond acceptors (Lipinski definition) is 5. The number of aromatic nitrogens is 1. The van der Waals surface area contributed by atoms with Gasteiger partial charge in [0.15, 0.2) is 0 Å². The zero-order valence-electron chi connectivity index (χ0n) is 11.0. The van der Waals surface area contributed by atoms with Crippen molar-refractivity contribution < 1.29 is 14.3 Å². The molecule has 0 amide bonds. The molecule has 20 heavy (non-hydrogen) atoms. The Bertz CT molecular complexity index is 575. The predicted octanol–water partition coefficient (Wildman–Crippen LogP) is 2.70. The van der Waals surface area contributed by atoms with Gasteiger partial charge >= 0.3 is 5.97 Å². The van der Waals surface area contributed by atoms with Crippen LogP contribution in [0.25, 0.3) is 10.8 Å². The van der Waals surface area contributed by atoms with Crippen molar-refractivity contribution in [3.8, 4) is 10.8 Å². The van der Waals surface area contributed by atoms with Gasteiger partial charge in [0.25, 0.3) is 0 Å². The molecule has 2 aromatic heterocycles. The third-order valence-electron chi connectivity index (χ3n) is 3.24. The van der Waals surface area contributed by atoms with E-state index in [1.807, 2.05) is 22.4 Å². The normalized spacial score (nSPS) is 14.8. The molecule has 0 unspecified atom stereocenters. The van der Waals surface area contributed by atoms with Crippen molar-refractivity contribution in [2.24, 2.45) is 5.92 Å². The monoisotopic (exact) mass is 292 g/mol. The Morgan fingerprint density at radius 3 is 3.05 bits per heavy atom. The van der Waals surface area contributed by atoms with Gasteiger partial charge in [-0.3, -0.25) is 9.69 Å². The van der Waals surface area contributed by atoms with Crippen LogP contribution >= 0.6 is 11.3 Å². The SMILES string of the molecule is O=C(O)CN(Cc1coc(-c2cccs2)n1)CC1CC1. The molecule has 2 heterocycles. The van der Waals surface area contributed by atoms with Gasteiger partial charge in [0, 0.05) is 13.1 Å². The predicted molar refractivity (Wildman–Crippen MR) is 75.5 cm³/mol. The molecule has 0 radical (unpaired) electrons. The van der Waals surface area contributed by atoms with E-state index < -0.39 is 5.97 Å². The Balaban J connectivity index is 1.66. The fourth-order valence-electron chi connectivity index (χ4n) is 2.16. The lowest BCUT2D eigenvalue weighted by Gasteiger charge is -2.18. The first-order valence-corrected chi connectivity index (χ1v) is 7.51. The van der Waals surface area contributed by atoms with E-state index in [0.29, 0.717) is 18.4 Å². The summed E-state index contributed by atoms with van der Waals surface area (Å²) in [6, 6.07) is 3.91. The highest BCUT2D eigenvalue weighted by atomic mass is 32.1. The van der Waals surface area contributed by atoms with Crippen molar-refractivity contribution in [3.05, 3.63) is 29.5 Å². The van der Waals surface area contributed by atoms with Crippen LogP contribution in [0.1, 0.15) is 18.5 Å². The molecule has 0 atom stereocenters. The number of aliphatic carboxylic acids is 1. The highest BCUT2D eigenvalue weighted by molar-refractivity contribution is 7.13. The second-order valence-corrected chi connectivity index (χ2v) is 6.08. The summed E-state index contributed by atoms with van der Waals surface area (Å²) in [5.74, 6) is 0.460. The molecule has 0 aromatic carbocycles. The van der Waals surface area contributed by atoms with E-state index in [0.717, 1.165) is 17.1 Å². The number of thiophene rings is 1. The van der Waals surface area contributed by atoms with E-state index in [-0.39, 0.29) is 6.54 Å². The number of oxazole rings is 1. The Kier molecular flexibility index (Phi) is 3.84. The lowest BCUT2D eigenvalue weighted by molar-refractivity contribution is -0.138. The molecule has 1 fully saturated rings. The number of nitrogens with zero attached hydrogens (tertiary/aromatic N) is 2. The fourth-order valence-corrected chi connectivity index (χ4v) is 2.82. The maximum atomic E-state index is 10.9.